The third kappa shape index (κ3) is 3.81. The van der Waals surface area contributed by atoms with Crippen LogP contribution in [-0.4, -0.2) is 0 Å². The maximum Gasteiger partial charge on any atom is 0.137 e. The van der Waals surface area contributed by atoms with Crippen molar-refractivity contribution in [2.24, 2.45) is 0 Å². The van der Waals surface area contributed by atoms with E-state index in [1.165, 1.54) is 18.2 Å². The summed E-state index contributed by atoms with van der Waals surface area (Å²) in [6, 6.07) is 8.22. The Labute approximate surface area is 117 Å². The van der Waals surface area contributed by atoms with Crippen LogP contribution in [0.3, 0.4) is 0 Å². The van der Waals surface area contributed by atoms with Gasteiger partial charge in [0.2, 0.25) is 0 Å². The number of nitrogens with one attached hydrogen (secondary N) is 1. The number of benzene rings is 2. The van der Waals surface area contributed by atoms with Gasteiger partial charge in [0.15, 0.2) is 0 Å². The van der Waals surface area contributed by atoms with Crippen molar-refractivity contribution in [3.63, 3.8) is 0 Å². The fourth-order valence-electron chi connectivity index (χ4n) is 1.66. The molecule has 0 heterocycles. The number of rotatable bonds is 4. The van der Waals surface area contributed by atoms with Crippen molar-refractivity contribution in [3.8, 4) is 0 Å². The molecular formula is C14H11BrF3N. The van der Waals surface area contributed by atoms with Gasteiger partial charge in [-0.1, -0.05) is 12.1 Å². The first-order valence-electron chi connectivity index (χ1n) is 5.65. The topological polar surface area (TPSA) is 12.0 Å². The van der Waals surface area contributed by atoms with Crippen molar-refractivity contribution in [2.75, 3.05) is 0 Å². The first-order valence-corrected chi connectivity index (χ1v) is 6.44. The van der Waals surface area contributed by atoms with Crippen LogP contribution in [0.15, 0.2) is 40.9 Å². The van der Waals surface area contributed by atoms with Gasteiger partial charge >= 0.3 is 0 Å². The van der Waals surface area contributed by atoms with Gasteiger partial charge in [0, 0.05) is 24.7 Å². The SMILES string of the molecule is Fc1ccc(CNCc2ccc(Br)c(F)c2)c(F)c1. The molecule has 0 amide bonds. The highest BCUT2D eigenvalue weighted by Crippen LogP contribution is 2.16. The van der Waals surface area contributed by atoms with E-state index < -0.39 is 11.6 Å². The summed E-state index contributed by atoms with van der Waals surface area (Å²) in [5, 5.41) is 2.98. The molecule has 0 bridgehead atoms. The third-order valence-electron chi connectivity index (χ3n) is 2.64. The van der Waals surface area contributed by atoms with Gasteiger partial charge in [-0.15, -0.1) is 0 Å². The second-order valence-corrected chi connectivity index (χ2v) is 4.94. The molecule has 2 aromatic carbocycles. The molecule has 1 N–H and O–H groups in total. The fraction of sp³-hybridized carbons (Fsp3) is 0.143. The molecule has 0 saturated heterocycles. The van der Waals surface area contributed by atoms with Crippen LogP contribution in [0.2, 0.25) is 0 Å². The van der Waals surface area contributed by atoms with Gasteiger partial charge in [-0.25, -0.2) is 13.2 Å². The molecule has 0 atom stereocenters. The Balaban J connectivity index is 1.94. The van der Waals surface area contributed by atoms with Gasteiger partial charge < -0.3 is 5.32 Å². The zero-order valence-corrected chi connectivity index (χ0v) is 11.5. The Hall–Kier alpha value is -1.33. The average molecular weight is 330 g/mol. The second-order valence-electron chi connectivity index (χ2n) is 4.09. The summed E-state index contributed by atoms with van der Waals surface area (Å²) in [7, 11) is 0. The highest BCUT2D eigenvalue weighted by molar-refractivity contribution is 9.10. The van der Waals surface area contributed by atoms with E-state index in [-0.39, 0.29) is 12.4 Å². The van der Waals surface area contributed by atoms with Crippen LogP contribution in [0.25, 0.3) is 0 Å². The van der Waals surface area contributed by atoms with Crippen molar-refractivity contribution in [2.45, 2.75) is 13.1 Å². The van der Waals surface area contributed by atoms with E-state index >= 15 is 0 Å². The van der Waals surface area contributed by atoms with Crippen LogP contribution in [-0.2, 0) is 13.1 Å². The van der Waals surface area contributed by atoms with E-state index in [4.69, 9.17) is 0 Å². The first kappa shape index (κ1) is 14.1. The molecular weight excluding hydrogens is 319 g/mol. The zero-order chi connectivity index (χ0) is 13.8. The molecule has 19 heavy (non-hydrogen) atoms. The zero-order valence-electron chi connectivity index (χ0n) is 9.89. The third-order valence-corrected chi connectivity index (χ3v) is 3.29. The predicted octanol–water partition coefficient (Wildman–Crippen LogP) is 4.16. The van der Waals surface area contributed by atoms with Gasteiger partial charge in [-0.2, -0.15) is 0 Å². The largest absolute Gasteiger partial charge is 0.309 e. The number of hydrogen-bond acceptors (Lipinski definition) is 1. The summed E-state index contributed by atoms with van der Waals surface area (Å²) in [5.41, 5.74) is 1.13. The molecule has 2 aromatic rings. The number of halogens is 4. The molecule has 0 fully saturated rings. The van der Waals surface area contributed by atoms with E-state index in [9.17, 15) is 13.2 Å². The Morgan fingerprint density at radius 3 is 2.37 bits per heavy atom. The van der Waals surface area contributed by atoms with E-state index in [0.717, 1.165) is 11.6 Å². The molecule has 1 nitrogen and oxygen atoms in total. The Kier molecular flexibility index (Phi) is 4.61. The van der Waals surface area contributed by atoms with Gasteiger partial charge in [0.25, 0.3) is 0 Å². The molecule has 5 heteroatoms. The van der Waals surface area contributed by atoms with Crippen LogP contribution in [0.4, 0.5) is 13.2 Å². The van der Waals surface area contributed by atoms with E-state index in [0.29, 0.717) is 16.6 Å². The van der Waals surface area contributed by atoms with Gasteiger partial charge in [-0.05, 0) is 39.7 Å². The highest BCUT2D eigenvalue weighted by Gasteiger charge is 2.04. The van der Waals surface area contributed by atoms with Crippen molar-refractivity contribution in [3.05, 3.63) is 69.4 Å². The van der Waals surface area contributed by atoms with Crippen LogP contribution < -0.4 is 5.32 Å². The molecule has 2 rings (SSSR count). The van der Waals surface area contributed by atoms with Crippen molar-refractivity contribution < 1.29 is 13.2 Å². The van der Waals surface area contributed by atoms with Crippen molar-refractivity contribution in [1.82, 2.24) is 5.32 Å². The van der Waals surface area contributed by atoms with Gasteiger partial charge in [0.05, 0.1) is 4.47 Å². The lowest BCUT2D eigenvalue weighted by molar-refractivity contribution is 0.559. The second kappa shape index (κ2) is 6.21. The van der Waals surface area contributed by atoms with E-state index in [2.05, 4.69) is 21.2 Å². The lowest BCUT2D eigenvalue weighted by Gasteiger charge is -2.07. The van der Waals surface area contributed by atoms with Gasteiger partial charge in [-0.3, -0.25) is 0 Å². The maximum atomic E-state index is 13.3. The fourth-order valence-corrected chi connectivity index (χ4v) is 1.90. The van der Waals surface area contributed by atoms with Crippen LogP contribution >= 0.6 is 15.9 Å². The van der Waals surface area contributed by atoms with Crippen LogP contribution in [0.1, 0.15) is 11.1 Å². The molecule has 0 aliphatic rings. The summed E-state index contributed by atoms with van der Waals surface area (Å²) in [5.74, 6) is -1.53. The van der Waals surface area contributed by atoms with Gasteiger partial charge in [0.1, 0.15) is 17.5 Å². The summed E-state index contributed by atoms with van der Waals surface area (Å²) < 4.78 is 39.7. The number of hydrogen-bond donors (Lipinski definition) is 1. The minimum Gasteiger partial charge on any atom is -0.309 e. The minimum absolute atomic E-state index is 0.254. The monoisotopic (exact) mass is 329 g/mol. The molecule has 0 saturated carbocycles. The molecule has 0 radical (unpaired) electrons. The molecule has 100 valence electrons. The molecule has 0 aliphatic heterocycles. The average Bonchev–Trinajstić information content (AvgIpc) is 2.36. The van der Waals surface area contributed by atoms with Crippen LogP contribution in [0.5, 0.6) is 0 Å². The standard InChI is InChI=1S/C14H11BrF3N/c15-12-4-1-9(5-14(12)18)7-19-8-10-2-3-11(16)6-13(10)17/h1-6,19H,7-8H2. The molecule has 0 unspecified atom stereocenters. The normalized spacial score (nSPS) is 10.7. The van der Waals surface area contributed by atoms with Crippen molar-refractivity contribution >= 4 is 15.9 Å². The summed E-state index contributed by atoms with van der Waals surface area (Å²) in [6.45, 7) is 0.658. The maximum absolute atomic E-state index is 13.3. The summed E-state index contributed by atoms with van der Waals surface area (Å²) in [4.78, 5) is 0. The summed E-state index contributed by atoms with van der Waals surface area (Å²) in [6.07, 6.45) is 0. The molecule has 0 aromatic heterocycles. The summed E-state index contributed by atoms with van der Waals surface area (Å²) >= 11 is 3.07. The molecule has 0 aliphatic carbocycles. The first-order chi connectivity index (χ1) is 9.06. The minimum atomic E-state index is -0.601. The Morgan fingerprint density at radius 2 is 1.68 bits per heavy atom. The van der Waals surface area contributed by atoms with Crippen molar-refractivity contribution in [1.29, 1.82) is 0 Å². The smallest absolute Gasteiger partial charge is 0.137 e. The van der Waals surface area contributed by atoms with E-state index in [1.54, 1.807) is 12.1 Å². The lowest BCUT2D eigenvalue weighted by atomic mass is 10.2. The molecule has 0 spiro atoms. The van der Waals surface area contributed by atoms with E-state index in [1.807, 2.05) is 0 Å². The predicted molar refractivity (Wildman–Crippen MR) is 71.0 cm³/mol. The Bertz CT molecular complexity index is 587. The highest BCUT2D eigenvalue weighted by atomic mass is 79.9. The Morgan fingerprint density at radius 1 is 0.895 bits per heavy atom. The lowest BCUT2D eigenvalue weighted by Crippen LogP contribution is -2.14. The quantitative estimate of drug-likeness (QED) is 0.888. The van der Waals surface area contributed by atoms with Crippen LogP contribution in [0, 0.1) is 17.5 Å².